The summed E-state index contributed by atoms with van der Waals surface area (Å²) in [5.74, 6) is 0.957. The molecule has 5 aliphatic heterocycles. The van der Waals surface area contributed by atoms with E-state index in [2.05, 4.69) is 21.2 Å². The SMILES string of the molecule is F[C@H]1CN2CCC[C@@]2(COc2nc3c(c(N4C[C@H]5CC[C@@H](C4)N5)n2)COC2(CCc4c(Cl)cccc42)C3)C1. The molecular formula is C29H35ClFN5O2. The van der Waals surface area contributed by atoms with Gasteiger partial charge in [0.15, 0.2) is 0 Å². The van der Waals surface area contributed by atoms with Gasteiger partial charge in [0.1, 0.15) is 18.6 Å². The largest absolute Gasteiger partial charge is 0.461 e. The van der Waals surface area contributed by atoms with Gasteiger partial charge in [0.25, 0.3) is 0 Å². The number of hydrogen-bond donors (Lipinski definition) is 1. The quantitative estimate of drug-likeness (QED) is 0.631. The smallest absolute Gasteiger partial charge is 0.318 e. The van der Waals surface area contributed by atoms with Gasteiger partial charge < -0.3 is 19.7 Å². The molecule has 1 N–H and O–H groups in total. The van der Waals surface area contributed by atoms with Gasteiger partial charge in [-0.05, 0) is 62.3 Å². The van der Waals surface area contributed by atoms with Crippen molar-refractivity contribution in [2.75, 3.05) is 37.7 Å². The maximum atomic E-state index is 14.4. The lowest BCUT2D eigenvalue weighted by atomic mass is 9.87. The van der Waals surface area contributed by atoms with Crippen molar-refractivity contribution in [3.63, 3.8) is 0 Å². The third kappa shape index (κ3) is 3.70. The van der Waals surface area contributed by atoms with Crippen molar-refractivity contribution in [2.24, 2.45) is 0 Å². The minimum atomic E-state index is -0.776. The molecular weight excluding hydrogens is 505 g/mol. The highest BCUT2D eigenvalue weighted by Gasteiger charge is 2.50. The highest BCUT2D eigenvalue weighted by Crippen LogP contribution is 2.49. The fraction of sp³-hybridized carbons (Fsp3) is 0.655. The maximum Gasteiger partial charge on any atom is 0.318 e. The monoisotopic (exact) mass is 539 g/mol. The molecule has 1 spiro atoms. The third-order valence-electron chi connectivity index (χ3n) is 10.1. The summed E-state index contributed by atoms with van der Waals surface area (Å²) >= 11 is 6.57. The topological polar surface area (TPSA) is 62.8 Å². The number of alkyl halides is 1. The number of nitrogens with one attached hydrogen (secondary N) is 1. The summed E-state index contributed by atoms with van der Waals surface area (Å²) in [4.78, 5) is 14.8. The molecule has 9 heteroatoms. The average molecular weight is 540 g/mol. The Labute approximate surface area is 228 Å². The number of hydrogen-bond acceptors (Lipinski definition) is 7. The van der Waals surface area contributed by atoms with E-state index in [1.54, 1.807) is 0 Å². The van der Waals surface area contributed by atoms with E-state index in [-0.39, 0.29) is 5.54 Å². The molecule has 38 heavy (non-hydrogen) atoms. The van der Waals surface area contributed by atoms with Crippen LogP contribution in [0, 0.1) is 0 Å². The van der Waals surface area contributed by atoms with Gasteiger partial charge in [-0.25, -0.2) is 4.39 Å². The van der Waals surface area contributed by atoms with Gasteiger partial charge in [0, 0.05) is 55.1 Å². The predicted molar refractivity (Wildman–Crippen MR) is 143 cm³/mol. The molecule has 1 aromatic carbocycles. The molecule has 7 nitrogen and oxygen atoms in total. The van der Waals surface area contributed by atoms with Crippen LogP contribution < -0.4 is 15.0 Å². The van der Waals surface area contributed by atoms with Crippen LogP contribution in [0.4, 0.5) is 10.2 Å². The van der Waals surface area contributed by atoms with Crippen molar-refractivity contribution in [1.82, 2.24) is 20.2 Å². The van der Waals surface area contributed by atoms with Crippen LogP contribution in [0.15, 0.2) is 18.2 Å². The minimum Gasteiger partial charge on any atom is -0.461 e. The van der Waals surface area contributed by atoms with Crippen molar-refractivity contribution in [3.05, 3.63) is 45.6 Å². The van der Waals surface area contributed by atoms with Gasteiger partial charge >= 0.3 is 6.01 Å². The summed E-state index contributed by atoms with van der Waals surface area (Å²) in [6.07, 6.45) is 6.74. The maximum absolute atomic E-state index is 14.4. The lowest BCUT2D eigenvalue weighted by Gasteiger charge is -2.39. The molecule has 6 heterocycles. The number of aromatic nitrogens is 2. The molecule has 202 valence electrons. The third-order valence-corrected chi connectivity index (χ3v) is 10.5. The van der Waals surface area contributed by atoms with Crippen LogP contribution in [-0.4, -0.2) is 71.4 Å². The fourth-order valence-electron chi connectivity index (χ4n) is 8.30. The number of nitrogens with zero attached hydrogens (tertiary/aromatic N) is 4. The Balaban J connectivity index is 1.15. The molecule has 2 bridgehead atoms. The average Bonchev–Trinajstić information content (AvgIpc) is 3.64. The Kier molecular flexibility index (Phi) is 5.49. The van der Waals surface area contributed by atoms with E-state index in [1.807, 2.05) is 12.1 Å². The number of rotatable bonds is 4. The molecule has 2 aromatic rings. The molecule has 0 amide bonds. The Morgan fingerprint density at radius 3 is 2.87 bits per heavy atom. The van der Waals surface area contributed by atoms with Crippen molar-refractivity contribution < 1.29 is 13.9 Å². The number of anilines is 1. The summed E-state index contributed by atoms with van der Waals surface area (Å²) in [5, 5.41) is 4.55. The van der Waals surface area contributed by atoms with Crippen molar-refractivity contribution in [2.45, 2.75) is 87.4 Å². The van der Waals surface area contributed by atoms with Gasteiger partial charge in [0.2, 0.25) is 0 Å². The molecule has 0 saturated carbocycles. The molecule has 0 radical (unpaired) electrons. The zero-order valence-corrected chi connectivity index (χ0v) is 22.5. The van der Waals surface area contributed by atoms with Gasteiger partial charge in [-0.2, -0.15) is 9.97 Å². The first-order chi connectivity index (χ1) is 18.5. The van der Waals surface area contributed by atoms with E-state index >= 15 is 0 Å². The molecule has 4 saturated heterocycles. The van der Waals surface area contributed by atoms with Gasteiger partial charge in [0.05, 0.1) is 23.4 Å². The normalized spacial score (nSPS) is 35.5. The van der Waals surface area contributed by atoms with Crippen molar-refractivity contribution in [3.8, 4) is 6.01 Å². The summed E-state index contributed by atoms with van der Waals surface area (Å²) in [5.41, 5.74) is 3.87. The van der Waals surface area contributed by atoms with Gasteiger partial charge in [-0.15, -0.1) is 0 Å². The van der Waals surface area contributed by atoms with Crippen LogP contribution in [0.3, 0.4) is 0 Å². The Morgan fingerprint density at radius 1 is 1.13 bits per heavy atom. The van der Waals surface area contributed by atoms with Crippen LogP contribution in [0.5, 0.6) is 6.01 Å². The second-order valence-corrected chi connectivity index (χ2v) is 12.8. The molecule has 8 rings (SSSR count). The number of piperazine rings is 1. The number of fused-ring (bicyclic) bond motifs is 6. The summed E-state index contributed by atoms with van der Waals surface area (Å²) in [7, 11) is 0. The van der Waals surface area contributed by atoms with Gasteiger partial charge in [-0.3, -0.25) is 4.90 Å². The zero-order chi connectivity index (χ0) is 25.5. The van der Waals surface area contributed by atoms with E-state index < -0.39 is 11.8 Å². The number of halogens is 2. The van der Waals surface area contributed by atoms with Crippen LogP contribution in [-0.2, 0) is 29.8 Å². The Bertz CT molecular complexity index is 1270. The van der Waals surface area contributed by atoms with Crippen LogP contribution in [0.2, 0.25) is 5.02 Å². The molecule has 6 aliphatic rings. The highest BCUT2D eigenvalue weighted by molar-refractivity contribution is 6.31. The zero-order valence-electron chi connectivity index (χ0n) is 21.7. The standard InChI is InChI=1S/C29H35ClFN5O2/c30-24-4-1-3-23-21(24)7-9-29(23)12-25-22(16-38-29)26(35-14-19-5-6-20(15-35)32-19)34-27(33-25)37-17-28-8-2-10-36(28)13-18(31)11-28/h1,3-4,18-20,32H,2,5-17H2/t18-,19-,20+,28+,29?/m1/s1. The summed E-state index contributed by atoms with van der Waals surface area (Å²) in [6, 6.07) is 7.57. The lowest BCUT2D eigenvalue weighted by Crippen LogP contribution is -2.52. The minimum absolute atomic E-state index is 0.224. The van der Waals surface area contributed by atoms with Crippen molar-refractivity contribution in [1.29, 1.82) is 0 Å². The number of benzene rings is 1. The first kappa shape index (κ1) is 23.9. The van der Waals surface area contributed by atoms with Gasteiger partial charge in [-0.1, -0.05) is 23.7 Å². The predicted octanol–water partition coefficient (Wildman–Crippen LogP) is 3.94. The second-order valence-electron chi connectivity index (χ2n) is 12.4. The Hall–Kier alpha value is -2.00. The van der Waals surface area contributed by atoms with Crippen LogP contribution in [0.1, 0.15) is 60.9 Å². The van der Waals surface area contributed by atoms with Crippen molar-refractivity contribution >= 4 is 17.4 Å². The van der Waals surface area contributed by atoms with E-state index in [1.165, 1.54) is 24.0 Å². The van der Waals surface area contributed by atoms with E-state index in [9.17, 15) is 4.39 Å². The molecule has 1 unspecified atom stereocenters. The molecule has 1 aromatic heterocycles. The fourth-order valence-corrected chi connectivity index (χ4v) is 8.57. The summed E-state index contributed by atoms with van der Waals surface area (Å²) in [6.45, 7) is 4.26. The molecule has 1 aliphatic carbocycles. The van der Waals surface area contributed by atoms with Crippen LogP contribution >= 0.6 is 11.6 Å². The lowest BCUT2D eigenvalue weighted by molar-refractivity contribution is -0.0730. The van der Waals surface area contributed by atoms with E-state index in [4.69, 9.17) is 31.0 Å². The van der Waals surface area contributed by atoms with E-state index in [0.29, 0.717) is 50.7 Å². The first-order valence-electron chi connectivity index (χ1n) is 14.3. The van der Waals surface area contributed by atoms with E-state index in [0.717, 1.165) is 67.4 Å². The Morgan fingerprint density at radius 2 is 2.00 bits per heavy atom. The first-order valence-corrected chi connectivity index (χ1v) is 14.7. The van der Waals surface area contributed by atoms with Crippen LogP contribution in [0.25, 0.3) is 0 Å². The molecule has 5 atom stereocenters. The number of ether oxygens (including phenoxy) is 2. The summed E-state index contributed by atoms with van der Waals surface area (Å²) < 4.78 is 27.5. The molecule has 4 fully saturated rings. The highest BCUT2D eigenvalue weighted by atomic mass is 35.5. The second kappa shape index (κ2) is 8.75.